The maximum atomic E-state index is 13.0. The Kier molecular flexibility index (Phi) is 6.29. The average molecular weight is 413 g/mol. The van der Waals surface area contributed by atoms with E-state index in [0.29, 0.717) is 18.8 Å². The standard InChI is InChI=1S/C23H28FN3O3/c1-23(2,3)30-22(29)27-13-5-6-17-14-19(11-12-20(17)27)25-21(28)26(4)15-16-7-9-18(24)10-8-16/h7-12,14H,5-6,13,15H2,1-4H3,(H,25,28). The molecule has 0 radical (unpaired) electrons. The summed E-state index contributed by atoms with van der Waals surface area (Å²) < 4.78 is 18.6. The third kappa shape index (κ3) is 5.49. The van der Waals surface area contributed by atoms with Gasteiger partial charge in [0.1, 0.15) is 11.4 Å². The van der Waals surface area contributed by atoms with E-state index in [1.165, 1.54) is 17.0 Å². The number of ether oxygens (including phenoxy) is 1. The second-order valence-corrected chi connectivity index (χ2v) is 8.49. The summed E-state index contributed by atoms with van der Waals surface area (Å²) in [5.41, 5.74) is 2.75. The second kappa shape index (κ2) is 8.73. The first kappa shape index (κ1) is 21.6. The number of urea groups is 1. The quantitative estimate of drug-likeness (QED) is 0.754. The summed E-state index contributed by atoms with van der Waals surface area (Å²) in [4.78, 5) is 28.2. The van der Waals surface area contributed by atoms with Crippen molar-refractivity contribution in [2.45, 2.75) is 45.8 Å². The topological polar surface area (TPSA) is 61.9 Å². The lowest BCUT2D eigenvalue weighted by Gasteiger charge is -2.32. The van der Waals surface area contributed by atoms with E-state index < -0.39 is 5.60 Å². The van der Waals surface area contributed by atoms with Gasteiger partial charge in [-0.05, 0) is 75.1 Å². The van der Waals surface area contributed by atoms with Crippen LogP contribution in [0.1, 0.15) is 38.3 Å². The van der Waals surface area contributed by atoms with E-state index in [0.717, 1.165) is 29.7 Å². The predicted molar refractivity (Wildman–Crippen MR) is 115 cm³/mol. The highest BCUT2D eigenvalue weighted by molar-refractivity contribution is 5.92. The monoisotopic (exact) mass is 413 g/mol. The van der Waals surface area contributed by atoms with Crippen LogP contribution in [0, 0.1) is 5.82 Å². The van der Waals surface area contributed by atoms with E-state index in [1.807, 2.05) is 32.9 Å². The number of carbonyl (C=O) groups is 2. The normalized spacial score (nSPS) is 13.4. The smallest absolute Gasteiger partial charge is 0.414 e. The summed E-state index contributed by atoms with van der Waals surface area (Å²) in [6.07, 6.45) is 1.29. The molecule has 0 aromatic heterocycles. The molecule has 0 saturated carbocycles. The molecule has 0 atom stereocenters. The number of carbonyl (C=O) groups excluding carboxylic acids is 2. The zero-order valence-corrected chi connectivity index (χ0v) is 17.9. The van der Waals surface area contributed by atoms with Crippen molar-refractivity contribution >= 4 is 23.5 Å². The zero-order valence-electron chi connectivity index (χ0n) is 17.9. The lowest BCUT2D eigenvalue weighted by atomic mass is 10.0. The van der Waals surface area contributed by atoms with E-state index in [-0.39, 0.29) is 17.9 Å². The number of rotatable bonds is 3. The number of amides is 3. The summed E-state index contributed by atoms with van der Waals surface area (Å²) in [5, 5.41) is 2.88. The Labute approximate surface area is 176 Å². The number of nitrogens with one attached hydrogen (secondary N) is 1. The van der Waals surface area contributed by atoms with Gasteiger partial charge in [0.15, 0.2) is 0 Å². The number of hydrogen-bond donors (Lipinski definition) is 1. The van der Waals surface area contributed by atoms with Crippen LogP contribution in [0.4, 0.5) is 25.4 Å². The Balaban J connectivity index is 1.67. The summed E-state index contributed by atoms with van der Waals surface area (Å²) in [5.74, 6) is -0.305. The molecule has 0 bridgehead atoms. The fourth-order valence-corrected chi connectivity index (χ4v) is 3.34. The summed E-state index contributed by atoms with van der Waals surface area (Å²) >= 11 is 0. The van der Waals surface area contributed by atoms with Gasteiger partial charge >= 0.3 is 12.1 Å². The fraction of sp³-hybridized carbons (Fsp3) is 0.391. The van der Waals surface area contributed by atoms with Crippen LogP contribution in [-0.4, -0.2) is 36.2 Å². The molecule has 0 aliphatic carbocycles. The van der Waals surface area contributed by atoms with Crippen molar-refractivity contribution in [2.24, 2.45) is 0 Å². The minimum absolute atomic E-state index is 0.265. The molecule has 3 amide bonds. The number of anilines is 2. The molecular weight excluding hydrogens is 385 g/mol. The van der Waals surface area contributed by atoms with E-state index in [9.17, 15) is 14.0 Å². The summed E-state index contributed by atoms with van der Waals surface area (Å²) in [6, 6.07) is 11.3. The van der Waals surface area contributed by atoms with Crippen molar-refractivity contribution in [1.29, 1.82) is 0 Å². The molecule has 3 rings (SSSR count). The van der Waals surface area contributed by atoms with Crippen LogP contribution >= 0.6 is 0 Å². The molecule has 6 nitrogen and oxygen atoms in total. The first-order valence-corrected chi connectivity index (χ1v) is 10.0. The number of hydrogen-bond acceptors (Lipinski definition) is 3. The molecule has 30 heavy (non-hydrogen) atoms. The van der Waals surface area contributed by atoms with Gasteiger partial charge in [-0.25, -0.2) is 14.0 Å². The minimum Gasteiger partial charge on any atom is -0.443 e. The second-order valence-electron chi connectivity index (χ2n) is 8.49. The van der Waals surface area contributed by atoms with Gasteiger partial charge in [-0.3, -0.25) is 4.90 Å². The van der Waals surface area contributed by atoms with Gasteiger partial charge < -0.3 is 15.0 Å². The summed E-state index contributed by atoms with van der Waals surface area (Å²) in [6.45, 7) is 6.50. The Bertz CT molecular complexity index is 922. The van der Waals surface area contributed by atoms with Crippen LogP contribution in [0.3, 0.4) is 0 Å². The average Bonchev–Trinajstić information content (AvgIpc) is 2.67. The highest BCUT2D eigenvalue weighted by atomic mass is 19.1. The number of aryl methyl sites for hydroxylation is 1. The Morgan fingerprint density at radius 2 is 1.87 bits per heavy atom. The molecule has 0 unspecified atom stereocenters. The van der Waals surface area contributed by atoms with E-state index in [1.54, 1.807) is 30.1 Å². The number of nitrogens with zero attached hydrogens (tertiary/aromatic N) is 2. The third-order valence-corrected chi connectivity index (χ3v) is 4.74. The highest BCUT2D eigenvalue weighted by Gasteiger charge is 2.27. The van der Waals surface area contributed by atoms with Gasteiger partial charge in [-0.2, -0.15) is 0 Å². The Morgan fingerprint density at radius 3 is 2.53 bits per heavy atom. The minimum atomic E-state index is -0.558. The zero-order chi connectivity index (χ0) is 21.9. The van der Waals surface area contributed by atoms with Crippen LogP contribution in [0.5, 0.6) is 0 Å². The van der Waals surface area contributed by atoms with Gasteiger partial charge in [0.2, 0.25) is 0 Å². The maximum absolute atomic E-state index is 13.0. The van der Waals surface area contributed by atoms with E-state index >= 15 is 0 Å². The summed E-state index contributed by atoms with van der Waals surface area (Å²) in [7, 11) is 1.68. The highest BCUT2D eigenvalue weighted by Crippen LogP contribution is 2.31. The molecule has 0 saturated heterocycles. The van der Waals surface area contributed by atoms with Crippen molar-refractivity contribution in [2.75, 3.05) is 23.8 Å². The lowest BCUT2D eigenvalue weighted by Crippen LogP contribution is -2.39. The molecule has 160 valence electrons. The molecule has 1 aliphatic rings. The van der Waals surface area contributed by atoms with Crippen LogP contribution in [0.25, 0.3) is 0 Å². The van der Waals surface area contributed by atoms with Gasteiger partial charge in [0.25, 0.3) is 0 Å². The van der Waals surface area contributed by atoms with Gasteiger partial charge in [0, 0.05) is 25.8 Å². The van der Waals surface area contributed by atoms with Crippen molar-refractivity contribution in [3.8, 4) is 0 Å². The molecule has 0 fully saturated rings. The number of halogens is 1. The molecule has 2 aromatic carbocycles. The molecule has 1 heterocycles. The van der Waals surface area contributed by atoms with Crippen LogP contribution in [0.2, 0.25) is 0 Å². The van der Waals surface area contributed by atoms with Crippen LogP contribution in [0.15, 0.2) is 42.5 Å². The maximum Gasteiger partial charge on any atom is 0.414 e. The largest absolute Gasteiger partial charge is 0.443 e. The SMILES string of the molecule is CN(Cc1ccc(F)cc1)C(=O)Nc1ccc2c(c1)CCCN2C(=O)OC(C)(C)C. The van der Waals surface area contributed by atoms with Crippen molar-refractivity contribution < 1.29 is 18.7 Å². The molecule has 0 spiro atoms. The Morgan fingerprint density at radius 1 is 1.17 bits per heavy atom. The van der Waals surface area contributed by atoms with Gasteiger partial charge in [-0.15, -0.1) is 0 Å². The van der Waals surface area contributed by atoms with E-state index in [2.05, 4.69) is 5.32 Å². The Hall–Kier alpha value is -3.09. The molecular formula is C23H28FN3O3. The number of fused-ring (bicyclic) bond motifs is 1. The van der Waals surface area contributed by atoms with Crippen LogP contribution in [-0.2, 0) is 17.7 Å². The number of benzene rings is 2. The third-order valence-electron chi connectivity index (χ3n) is 4.74. The molecule has 7 heteroatoms. The van der Waals surface area contributed by atoms with Crippen molar-refractivity contribution in [3.05, 3.63) is 59.4 Å². The first-order valence-electron chi connectivity index (χ1n) is 10.0. The molecule has 1 N–H and O–H groups in total. The van der Waals surface area contributed by atoms with E-state index in [4.69, 9.17) is 4.74 Å². The van der Waals surface area contributed by atoms with Gasteiger partial charge in [-0.1, -0.05) is 12.1 Å². The first-order chi connectivity index (χ1) is 14.1. The van der Waals surface area contributed by atoms with Gasteiger partial charge in [0.05, 0.1) is 5.69 Å². The lowest BCUT2D eigenvalue weighted by molar-refractivity contribution is 0.0578. The predicted octanol–water partition coefficient (Wildman–Crippen LogP) is 5.18. The molecule has 2 aromatic rings. The molecule has 1 aliphatic heterocycles. The van der Waals surface area contributed by atoms with Crippen LogP contribution < -0.4 is 10.2 Å². The van der Waals surface area contributed by atoms with Crippen molar-refractivity contribution in [3.63, 3.8) is 0 Å². The van der Waals surface area contributed by atoms with Crippen molar-refractivity contribution in [1.82, 2.24) is 4.90 Å². The fourth-order valence-electron chi connectivity index (χ4n) is 3.34.